The largest absolute Gasteiger partial charge is 0.399 e. The highest BCUT2D eigenvalue weighted by molar-refractivity contribution is 6.31. The number of halogens is 1. The van der Waals surface area contributed by atoms with Crippen molar-refractivity contribution in [2.45, 2.75) is 25.8 Å². The lowest BCUT2D eigenvalue weighted by molar-refractivity contribution is 0.666. The monoisotopic (exact) mass is 198 g/mol. The summed E-state index contributed by atoms with van der Waals surface area (Å²) in [7, 11) is 0. The summed E-state index contributed by atoms with van der Waals surface area (Å²) in [5.41, 5.74) is 13.0. The molecule has 1 rings (SSSR count). The summed E-state index contributed by atoms with van der Waals surface area (Å²) in [6.07, 6.45) is 1.86. The molecule has 1 aromatic rings. The van der Waals surface area contributed by atoms with Crippen LogP contribution < -0.4 is 11.5 Å². The first-order chi connectivity index (χ1) is 6.09. The van der Waals surface area contributed by atoms with Gasteiger partial charge in [0.05, 0.1) is 0 Å². The van der Waals surface area contributed by atoms with Crippen LogP contribution in [0, 0.1) is 0 Å². The Morgan fingerprint density at radius 2 is 2.15 bits per heavy atom. The quantitative estimate of drug-likeness (QED) is 0.732. The molecule has 0 amide bonds. The minimum absolute atomic E-state index is 0.216. The molecule has 0 unspecified atom stereocenters. The molecule has 2 nitrogen and oxygen atoms in total. The van der Waals surface area contributed by atoms with Crippen molar-refractivity contribution in [2.24, 2.45) is 5.73 Å². The summed E-state index contributed by atoms with van der Waals surface area (Å²) in [4.78, 5) is 0. The Balaban J connectivity index is 2.67. The van der Waals surface area contributed by atoms with E-state index in [0.29, 0.717) is 5.69 Å². The van der Waals surface area contributed by atoms with Crippen molar-refractivity contribution in [2.75, 3.05) is 5.73 Å². The molecule has 0 spiro atoms. The van der Waals surface area contributed by atoms with E-state index in [2.05, 4.69) is 0 Å². The van der Waals surface area contributed by atoms with E-state index in [9.17, 15) is 0 Å². The van der Waals surface area contributed by atoms with Crippen LogP contribution in [0.2, 0.25) is 5.02 Å². The number of benzene rings is 1. The van der Waals surface area contributed by atoms with Crippen molar-refractivity contribution < 1.29 is 0 Å². The Morgan fingerprint density at radius 3 is 2.69 bits per heavy atom. The van der Waals surface area contributed by atoms with Gasteiger partial charge in [0.25, 0.3) is 0 Å². The first kappa shape index (κ1) is 10.4. The van der Waals surface area contributed by atoms with E-state index in [0.717, 1.165) is 23.4 Å². The summed E-state index contributed by atoms with van der Waals surface area (Å²) < 4.78 is 0. The van der Waals surface area contributed by atoms with Gasteiger partial charge < -0.3 is 11.5 Å². The molecule has 0 aliphatic rings. The molecule has 0 fully saturated rings. The van der Waals surface area contributed by atoms with Gasteiger partial charge in [-0.15, -0.1) is 0 Å². The van der Waals surface area contributed by atoms with Crippen molar-refractivity contribution in [1.82, 2.24) is 0 Å². The minimum Gasteiger partial charge on any atom is -0.399 e. The zero-order valence-electron chi connectivity index (χ0n) is 7.76. The summed E-state index contributed by atoms with van der Waals surface area (Å²) in [6.45, 7) is 1.99. The van der Waals surface area contributed by atoms with Gasteiger partial charge in [-0.05, 0) is 37.5 Å². The van der Waals surface area contributed by atoms with Gasteiger partial charge in [0.2, 0.25) is 0 Å². The maximum Gasteiger partial charge on any atom is 0.0458 e. The lowest BCUT2D eigenvalue weighted by Gasteiger charge is -2.07. The second kappa shape index (κ2) is 4.49. The number of anilines is 1. The van der Waals surface area contributed by atoms with Crippen LogP contribution in [-0.2, 0) is 6.42 Å². The second-order valence-electron chi connectivity index (χ2n) is 3.37. The van der Waals surface area contributed by atoms with E-state index < -0.39 is 0 Å². The molecule has 3 heteroatoms. The van der Waals surface area contributed by atoms with Crippen LogP contribution in [0.25, 0.3) is 0 Å². The number of aryl methyl sites for hydroxylation is 1. The van der Waals surface area contributed by atoms with E-state index >= 15 is 0 Å². The summed E-state index contributed by atoms with van der Waals surface area (Å²) in [5.74, 6) is 0. The van der Waals surface area contributed by atoms with E-state index in [1.807, 2.05) is 19.1 Å². The minimum atomic E-state index is 0.216. The van der Waals surface area contributed by atoms with E-state index in [1.54, 1.807) is 6.07 Å². The van der Waals surface area contributed by atoms with E-state index in [4.69, 9.17) is 23.1 Å². The molecule has 0 aliphatic carbocycles. The third-order valence-electron chi connectivity index (χ3n) is 1.95. The van der Waals surface area contributed by atoms with Gasteiger partial charge in [0.15, 0.2) is 0 Å². The van der Waals surface area contributed by atoms with Crippen LogP contribution in [0.4, 0.5) is 5.69 Å². The van der Waals surface area contributed by atoms with Crippen LogP contribution in [-0.4, -0.2) is 6.04 Å². The molecule has 0 aliphatic heterocycles. The maximum atomic E-state index is 5.99. The highest BCUT2D eigenvalue weighted by Gasteiger charge is 2.01. The van der Waals surface area contributed by atoms with Gasteiger partial charge in [-0.25, -0.2) is 0 Å². The summed E-state index contributed by atoms with van der Waals surface area (Å²) in [6, 6.07) is 5.81. The molecule has 0 aromatic heterocycles. The number of rotatable bonds is 3. The molecule has 72 valence electrons. The van der Waals surface area contributed by atoms with Gasteiger partial charge in [-0.1, -0.05) is 17.7 Å². The maximum absolute atomic E-state index is 5.99. The Kier molecular flexibility index (Phi) is 3.58. The lowest BCUT2D eigenvalue weighted by atomic mass is 10.1. The molecule has 0 heterocycles. The first-order valence-electron chi connectivity index (χ1n) is 4.39. The van der Waals surface area contributed by atoms with Gasteiger partial charge >= 0.3 is 0 Å². The summed E-state index contributed by atoms with van der Waals surface area (Å²) in [5, 5.41) is 0.737. The highest BCUT2D eigenvalue weighted by atomic mass is 35.5. The molecule has 0 bridgehead atoms. The van der Waals surface area contributed by atoms with Gasteiger partial charge in [0.1, 0.15) is 0 Å². The second-order valence-corrected chi connectivity index (χ2v) is 3.77. The van der Waals surface area contributed by atoms with Gasteiger partial charge in [0, 0.05) is 16.8 Å². The highest BCUT2D eigenvalue weighted by Crippen LogP contribution is 2.20. The normalized spacial score (nSPS) is 12.8. The van der Waals surface area contributed by atoms with Gasteiger partial charge in [-0.3, -0.25) is 0 Å². The molecular weight excluding hydrogens is 184 g/mol. The standard InChI is InChI=1S/C10H15ClN2/c1-7(12)2-3-8-4-5-9(13)6-10(8)11/h4-7H,2-3,12-13H2,1H3/t7-/m0/s1. The Bertz CT molecular complexity index is 284. The van der Waals surface area contributed by atoms with E-state index in [-0.39, 0.29) is 6.04 Å². The molecule has 0 saturated carbocycles. The Labute approximate surface area is 83.9 Å². The van der Waals surface area contributed by atoms with Crippen molar-refractivity contribution in [3.8, 4) is 0 Å². The topological polar surface area (TPSA) is 52.0 Å². The predicted molar refractivity (Wildman–Crippen MR) is 57.8 cm³/mol. The molecule has 13 heavy (non-hydrogen) atoms. The molecule has 0 saturated heterocycles. The van der Waals surface area contributed by atoms with Crippen LogP contribution >= 0.6 is 11.6 Å². The van der Waals surface area contributed by atoms with Crippen LogP contribution in [0.5, 0.6) is 0 Å². The third-order valence-corrected chi connectivity index (χ3v) is 2.30. The molecule has 1 atom stereocenters. The third kappa shape index (κ3) is 3.25. The fourth-order valence-corrected chi connectivity index (χ4v) is 1.43. The van der Waals surface area contributed by atoms with Crippen LogP contribution in [0.3, 0.4) is 0 Å². The molecule has 0 radical (unpaired) electrons. The first-order valence-corrected chi connectivity index (χ1v) is 4.77. The fourth-order valence-electron chi connectivity index (χ4n) is 1.15. The van der Waals surface area contributed by atoms with Crippen LogP contribution in [0.15, 0.2) is 18.2 Å². The predicted octanol–water partition coefficient (Wildman–Crippen LogP) is 2.20. The van der Waals surface area contributed by atoms with Crippen molar-refractivity contribution in [3.63, 3.8) is 0 Å². The van der Waals surface area contributed by atoms with E-state index in [1.165, 1.54) is 0 Å². The fraction of sp³-hybridized carbons (Fsp3) is 0.400. The van der Waals surface area contributed by atoms with Gasteiger partial charge in [-0.2, -0.15) is 0 Å². The Morgan fingerprint density at radius 1 is 1.46 bits per heavy atom. The van der Waals surface area contributed by atoms with Crippen molar-refractivity contribution in [3.05, 3.63) is 28.8 Å². The van der Waals surface area contributed by atoms with Crippen molar-refractivity contribution in [1.29, 1.82) is 0 Å². The average molecular weight is 199 g/mol. The lowest BCUT2D eigenvalue weighted by Crippen LogP contribution is -2.15. The zero-order valence-corrected chi connectivity index (χ0v) is 8.51. The number of nitrogen functional groups attached to an aromatic ring is 1. The van der Waals surface area contributed by atoms with Crippen molar-refractivity contribution >= 4 is 17.3 Å². The average Bonchev–Trinajstić information content (AvgIpc) is 2.02. The number of nitrogens with two attached hydrogens (primary N) is 2. The SMILES string of the molecule is C[C@H](N)CCc1ccc(N)cc1Cl. The Hall–Kier alpha value is -0.730. The number of hydrogen-bond acceptors (Lipinski definition) is 2. The zero-order chi connectivity index (χ0) is 9.84. The van der Waals surface area contributed by atoms with Crippen LogP contribution in [0.1, 0.15) is 18.9 Å². The molecular formula is C10H15ClN2. The summed E-state index contributed by atoms with van der Waals surface area (Å²) >= 11 is 5.99. The number of hydrogen-bond donors (Lipinski definition) is 2. The molecule has 4 N–H and O–H groups in total. The smallest absolute Gasteiger partial charge is 0.0458 e. The molecule has 1 aromatic carbocycles.